The van der Waals surface area contributed by atoms with Crippen molar-refractivity contribution in [3.63, 3.8) is 0 Å². The Kier molecular flexibility index (Phi) is 7.55. The monoisotopic (exact) mass is 456 g/mol. The van der Waals surface area contributed by atoms with E-state index in [0.29, 0.717) is 0 Å². The number of aliphatic carboxylic acids is 1. The molecule has 0 fully saturated rings. The standard InChI is InChI=1S/C22H22N4.C2HF3O2/c1-16-20(21-6-2-3-7-22(21)25-16)12-14-24-17-8-10-18(11-9-17)26-19-5-4-13-23-15-19;3-2(4,5)1(6)7/h2-11,13,15,24-26H,12,14H2,1H3;(H,6,7). The molecule has 0 radical (unpaired) electrons. The highest BCUT2D eigenvalue weighted by Crippen LogP contribution is 2.23. The van der Waals surface area contributed by atoms with Crippen molar-refractivity contribution in [1.82, 2.24) is 9.97 Å². The van der Waals surface area contributed by atoms with Crippen LogP contribution in [0.4, 0.5) is 30.2 Å². The molecule has 0 saturated heterocycles. The zero-order chi connectivity index (χ0) is 23.8. The van der Waals surface area contributed by atoms with Crippen LogP contribution in [0.25, 0.3) is 10.9 Å². The minimum Gasteiger partial charge on any atom is -0.475 e. The molecule has 33 heavy (non-hydrogen) atoms. The average Bonchev–Trinajstić information content (AvgIpc) is 3.11. The van der Waals surface area contributed by atoms with Gasteiger partial charge >= 0.3 is 12.1 Å². The number of pyridine rings is 1. The molecule has 0 saturated carbocycles. The van der Waals surface area contributed by atoms with Crippen LogP contribution in [0.15, 0.2) is 73.1 Å². The summed E-state index contributed by atoms with van der Waals surface area (Å²) in [4.78, 5) is 16.5. The third-order valence-electron chi connectivity index (χ3n) is 4.81. The Morgan fingerprint density at radius 3 is 2.30 bits per heavy atom. The predicted molar refractivity (Wildman–Crippen MR) is 123 cm³/mol. The molecule has 0 aliphatic heterocycles. The fourth-order valence-corrected chi connectivity index (χ4v) is 3.26. The first-order valence-electron chi connectivity index (χ1n) is 10.1. The number of nitrogens with zero attached hydrogens (tertiary/aromatic N) is 1. The molecule has 0 amide bonds. The van der Waals surface area contributed by atoms with Crippen LogP contribution in [0.1, 0.15) is 11.3 Å². The molecule has 4 N–H and O–H groups in total. The normalized spacial score (nSPS) is 10.9. The molecule has 4 aromatic rings. The summed E-state index contributed by atoms with van der Waals surface area (Å²) in [5, 5.41) is 15.3. The van der Waals surface area contributed by atoms with Gasteiger partial charge in [0.05, 0.1) is 11.9 Å². The molecule has 0 aliphatic carbocycles. The first kappa shape index (κ1) is 23.6. The zero-order valence-electron chi connectivity index (χ0n) is 17.8. The molecular weight excluding hydrogens is 433 g/mol. The van der Waals surface area contributed by atoms with E-state index in [9.17, 15) is 13.2 Å². The lowest BCUT2D eigenvalue weighted by molar-refractivity contribution is -0.192. The maximum absolute atomic E-state index is 10.6. The fraction of sp³-hybridized carbons (Fsp3) is 0.167. The van der Waals surface area contributed by atoms with Crippen LogP contribution in [-0.2, 0) is 11.2 Å². The number of alkyl halides is 3. The molecule has 0 atom stereocenters. The summed E-state index contributed by atoms with van der Waals surface area (Å²) in [5.41, 5.74) is 7.02. The van der Waals surface area contributed by atoms with E-state index in [2.05, 4.69) is 76.1 Å². The van der Waals surface area contributed by atoms with Gasteiger partial charge in [0.1, 0.15) is 0 Å². The van der Waals surface area contributed by atoms with Crippen molar-refractivity contribution in [1.29, 1.82) is 0 Å². The highest BCUT2D eigenvalue weighted by Gasteiger charge is 2.38. The number of carbonyl (C=O) groups is 1. The lowest BCUT2D eigenvalue weighted by Crippen LogP contribution is -2.21. The molecular formula is C24H23F3N4O2. The molecule has 2 heterocycles. The topological polar surface area (TPSA) is 90.0 Å². The number of H-pyrrole nitrogens is 1. The number of hydrogen-bond acceptors (Lipinski definition) is 4. The van der Waals surface area contributed by atoms with E-state index in [4.69, 9.17) is 9.90 Å². The Balaban J connectivity index is 0.000000383. The number of aromatic nitrogens is 2. The average molecular weight is 456 g/mol. The number of para-hydroxylation sites is 1. The summed E-state index contributed by atoms with van der Waals surface area (Å²) in [6.45, 7) is 3.05. The SMILES string of the molecule is Cc1[nH]c2ccccc2c1CCNc1ccc(Nc2cccnc2)cc1.O=C(O)C(F)(F)F. The predicted octanol–water partition coefficient (Wildman–Crippen LogP) is 5.90. The maximum Gasteiger partial charge on any atom is 0.490 e. The van der Waals surface area contributed by atoms with Crippen molar-refractivity contribution >= 4 is 33.9 Å². The van der Waals surface area contributed by atoms with Gasteiger partial charge in [-0.05, 0) is 61.4 Å². The van der Waals surface area contributed by atoms with Crippen molar-refractivity contribution in [2.24, 2.45) is 0 Å². The van der Waals surface area contributed by atoms with Gasteiger partial charge in [-0.2, -0.15) is 13.2 Å². The number of aryl methyl sites for hydroxylation is 1. The van der Waals surface area contributed by atoms with Gasteiger partial charge in [-0.15, -0.1) is 0 Å². The molecule has 0 bridgehead atoms. The smallest absolute Gasteiger partial charge is 0.475 e. The third kappa shape index (κ3) is 6.73. The van der Waals surface area contributed by atoms with Gasteiger partial charge in [-0.3, -0.25) is 4.98 Å². The Bertz CT molecular complexity index is 1190. The highest BCUT2D eigenvalue weighted by molar-refractivity contribution is 5.84. The van der Waals surface area contributed by atoms with Crippen LogP contribution in [0, 0.1) is 6.92 Å². The number of carboxylic acid groups (broad SMARTS) is 1. The minimum absolute atomic E-state index is 0.901. The number of benzene rings is 2. The van der Waals surface area contributed by atoms with E-state index in [-0.39, 0.29) is 0 Å². The van der Waals surface area contributed by atoms with Crippen LogP contribution in [0.3, 0.4) is 0 Å². The first-order chi connectivity index (χ1) is 15.7. The van der Waals surface area contributed by atoms with E-state index < -0.39 is 12.1 Å². The summed E-state index contributed by atoms with van der Waals surface area (Å²) in [6.07, 6.45) is -0.505. The number of halogens is 3. The molecule has 2 aromatic carbocycles. The second-order valence-corrected chi connectivity index (χ2v) is 7.20. The molecule has 2 aromatic heterocycles. The molecule has 0 spiro atoms. The zero-order valence-corrected chi connectivity index (χ0v) is 17.8. The lowest BCUT2D eigenvalue weighted by atomic mass is 10.1. The fourth-order valence-electron chi connectivity index (χ4n) is 3.26. The van der Waals surface area contributed by atoms with Gasteiger partial charge in [-0.25, -0.2) is 4.79 Å². The number of rotatable bonds is 6. The van der Waals surface area contributed by atoms with E-state index >= 15 is 0 Å². The first-order valence-corrected chi connectivity index (χ1v) is 10.1. The second kappa shape index (κ2) is 10.5. The number of nitrogens with one attached hydrogen (secondary N) is 3. The number of hydrogen-bond donors (Lipinski definition) is 4. The molecule has 172 valence electrons. The summed E-state index contributed by atoms with van der Waals surface area (Å²) < 4.78 is 31.7. The summed E-state index contributed by atoms with van der Waals surface area (Å²) in [6, 6.07) is 20.8. The Hall–Kier alpha value is -4.01. The summed E-state index contributed by atoms with van der Waals surface area (Å²) in [7, 11) is 0. The highest BCUT2D eigenvalue weighted by atomic mass is 19.4. The molecule has 9 heteroatoms. The van der Waals surface area contributed by atoms with Crippen LogP contribution in [0.5, 0.6) is 0 Å². The number of carboxylic acids is 1. The molecule has 0 aliphatic rings. The minimum atomic E-state index is -5.08. The van der Waals surface area contributed by atoms with Crippen LogP contribution in [-0.4, -0.2) is 33.8 Å². The Labute approximate surface area is 188 Å². The van der Waals surface area contributed by atoms with Crippen molar-refractivity contribution in [3.8, 4) is 0 Å². The van der Waals surface area contributed by atoms with Crippen molar-refractivity contribution in [3.05, 3.63) is 84.3 Å². The quantitative estimate of drug-likeness (QED) is 0.290. The van der Waals surface area contributed by atoms with E-state index in [1.807, 2.05) is 18.3 Å². The van der Waals surface area contributed by atoms with Crippen LogP contribution < -0.4 is 10.6 Å². The van der Waals surface area contributed by atoms with Gasteiger partial charge in [0.15, 0.2) is 0 Å². The number of aromatic amines is 1. The van der Waals surface area contributed by atoms with Crippen molar-refractivity contribution in [2.75, 3.05) is 17.2 Å². The van der Waals surface area contributed by atoms with E-state index in [1.165, 1.54) is 22.2 Å². The van der Waals surface area contributed by atoms with Gasteiger partial charge in [0, 0.05) is 40.7 Å². The largest absolute Gasteiger partial charge is 0.490 e. The van der Waals surface area contributed by atoms with Crippen molar-refractivity contribution < 1.29 is 23.1 Å². The van der Waals surface area contributed by atoms with E-state index in [1.54, 1.807) is 6.20 Å². The Morgan fingerprint density at radius 2 is 1.67 bits per heavy atom. The van der Waals surface area contributed by atoms with Gasteiger partial charge in [-0.1, -0.05) is 18.2 Å². The Morgan fingerprint density at radius 1 is 1.00 bits per heavy atom. The van der Waals surface area contributed by atoms with Crippen LogP contribution >= 0.6 is 0 Å². The number of fused-ring (bicyclic) bond motifs is 1. The second-order valence-electron chi connectivity index (χ2n) is 7.20. The molecule has 6 nitrogen and oxygen atoms in total. The van der Waals surface area contributed by atoms with Gasteiger partial charge in [0.25, 0.3) is 0 Å². The molecule has 4 rings (SSSR count). The number of anilines is 3. The van der Waals surface area contributed by atoms with E-state index in [0.717, 1.165) is 30.0 Å². The lowest BCUT2D eigenvalue weighted by Gasteiger charge is -2.09. The van der Waals surface area contributed by atoms with Gasteiger partial charge in [0.2, 0.25) is 0 Å². The van der Waals surface area contributed by atoms with Crippen molar-refractivity contribution in [2.45, 2.75) is 19.5 Å². The summed E-state index contributed by atoms with van der Waals surface area (Å²) in [5.74, 6) is -2.76. The van der Waals surface area contributed by atoms with Gasteiger partial charge < -0.3 is 20.7 Å². The third-order valence-corrected chi connectivity index (χ3v) is 4.81. The van der Waals surface area contributed by atoms with Crippen LogP contribution in [0.2, 0.25) is 0 Å². The maximum atomic E-state index is 10.6. The summed E-state index contributed by atoms with van der Waals surface area (Å²) >= 11 is 0. The molecule has 0 unspecified atom stereocenters.